The maximum absolute atomic E-state index is 12.2. The number of esters is 1. The molecule has 6 heteroatoms. The summed E-state index contributed by atoms with van der Waals surface area (Å²) in [6.07, 6.45) is 6.19. The maximum atomic E-state index is 12.2. The highest BCUT2D eigenvalue weighted by atomic mass is 79.9. The Kier molecular flexibility index (Phi) is 4.62. The summed E-state index contributed by atoms with van der Waals surface area (Å²) in [7, 11) is 0. The van der Waals surface area contributed by atoms with Crippen molar-refractivity contribution in [2.75, 3.05) is 13.2 Å². The number of likely N-dealkylation sites (N-methyl/N-ethyl adjacent to an activating group) is 1. The highest BCUT2D eigenvalue weighted by Gasteiger charge is 2.46. The van der Waals surface area contributed by atoms with E-state index in [1.54, 1.807) is 6.20 Å². The molecule has 0 amide bonds. The first-order valence-corrected chi connectivity index (χ1v) is 7.52. The van der Waals surface area contributed by atoms with Crippen LogP contribution in [0, 0.1) is 0 Å². The summed E-state index contributed by atoms with van der Waals surface area (Å²) in [4.78, 5) is 12.2. The van der Waals surface area contributed by atoms with Crippen LogP contribution in [-0.4, -0.2) is 34.4 Å². The number of halogens is 1. The smallest absolute Gasteiger partial charge is 0.326 e. The van der Waals surface area contributed by atoms with E-state index in [4.69, 9.17) is 4.74 Å². The van der Waals surface area contributed by atoms with Gasteiger partial charge in [0.2, 0.25) is 0 Å². The number of nitrogens with zero attached hydrogens (tertiary/aromatic N) is 2. The Bertz CT molecular complexity index is 449. The Morgan fingerprint density at radius 3 is 3.05 bits per heavy atom. The second-order valence-electron chi connectivity index (χ2n) is 4.87. The largest absolute Gasteiger partial charge is 0.465 e. The molecule has 1 aromatic heterocycles. The van der Waals surface area contributed by atoms with Crippen molar-refractivity contribution >= 4 is 21.9 Å². The van der Waals surface area contributed by atoms with Gasteiger partial charge in [-0.25, -0.2) is 0 Å². The van der Waals surface area contributed by atoms with Crippen LogP contribution in [0.2, 0.25) is 0 Å². The predicted octanol–water partition coefficient (Wildman–Crippen LogP) is 2.28. The number of ether oxygens (including phenoxy) is 1. The average Bonchev–Trinajstić information content (AvgIpc) is 2.97. The first-order valence-electron chi connectivity index (χ1n) is 6.73. The molecular weight excluding hydrogens is 310 g/mol. The van der Waals surface area contributed by atoms with Crippen molar-refractivity contribution in [3.63, 3.8) is 0 Å². The number of aromatic nitrogens is 2. The summed E-state index contributed by atoms with van der Waals surface area (Å²) < 4.78 is 8.13. The van der Waals surface area contributed by atoms with Crippen LogP contribution in [0.25, 0.3) is 0 Å². The molecule has 0 saturated heterocycles. The van der Waals surface area contributed by atoms with Crippen LogP contribution in [-0.2, 0) is 9.53 Å². The molecule has 106 valence electrons. The van der Waals surface area contributed by atoms with Gasteiger partial charge in [-0.3, -0.25) is 9.48 Å². The van der Waals surface area contributed by atoms with Crippen LogP contribution in [0.15, 0.2) is 16.9 Å². The van der Waals surface area contributed by atoms with E-state index in [0.29, 0.717) is 6.61 Å². The quantitative estimate of drug-likeness (QED) is 0.842. The van der Waals surface area contributed by atoms with Crippen molar-refractivity contribution in [2.24, 2.45) is 0 Å². The molecule has 0 bridgehead atoms. The summed E-state index contributed by atoms with van der Waals surface area (Å²) in [5.41, 5.74) is -0.548. The zero-order chi connectivity index (χ0) is 13.9. The van der Waals surface area contributed by atoms with Gasteiger partial charge in [0, 0.05) is 6.20 Å². The summed E-state index contributed by atoms with van der Waals surface area (Å²) in [5, 5.41) is 7.64. The van der Waals surface area contributed by atoms with Gasteiger partial charge >= 0.3 is 5.97 Å². The first kappa shape index (κ1) is 14.5. The lowest BCUT2D eigenvalue weighted by Crippen LogP contribution is -2.51. The molecule has 0 radical (unpaired) electrons. The Labute approximate surface area is 121 Å². The fourth-order valence-electron chi connectivity index (χ4n) is 2.79. The van der Waals surface area contributed by atoms with Gasteiger partial charge in [0.15, 0.2) is 0 Å². The van der Waals surface area contributed by atoms with E-state index in [0.717, 1.165) is 30.3 Å². The van der Waals surface area contributed by atoms with E-state index in [9.17, 15) is 4.79 Å². The average molecular weight is 330 g/mol. The van der Waals surface area contributed by atoms with Crippen molar-refractivity contribution in [3.05, 3.63) is 16.9 Å². The summed E-state index contributed by atoms with van der Waals surface area (Å²) in [6.45, 7) is 5.03. The second kappa shape index (κ2) is 6.05. The van der Waals surface area contributed by atoms with E-state index >= 15 is 0 Å². The van der Waals surface area contributed by atoms with Gasteiger partial charge in [0.1, 0.15) is 5.54 Å². The van der Waals surface area contributed by atoms with Gasteiger partial charge in [-0.1, -0.05) is 6.92 Å². The minimum absolute atomic E-state index is 0.134. The van der Waals surface area contributed by atoms with E-state index in [2.05, 4.69) is 26.3 Å². The van der Waals surface area contributed by atoms with Gasteiger partial charge in [-0.2, -0.15) is 5.10 Å². The van der Waals surface area contributed by atoms with Crippen LogP contribution >= 0.6 is 15.9 Å². The van der Waals surface area contributed by atoms with Crippen molar-refractivity contribution < 1.29 is 9.53 Å². The lowest BCUT2D eigenvalue weighted by Gasteiger charge is -2.27. The van der Waals surface area contributed by atoms with Crippen molar-refractivity contribution in [2.45, 2.75) is 44.7 Å². The summed E-state index contributed by atoms with van der Waals surface area (Å²) >= 11 is 3.40. The molecule has 19 heavy (non-hydrogen) atoms. The van der Waals surface area contributed by atoms with Crippen molar-refractivity contribution in [1.82, 2.24) is 15.1 Å². The molecule has 5 nitrogen and oxygen atoms in total. The van der Waals surface area contributed by atoms with Gasteiger partial charge in [-0.15, -0.1) is 0 Å². The lowest BCUT2D eigenvalue weighted by atomic mass is 9.97. The summed E-state index contributed by atoms with van der Waals surface area (Å²) in [6, 6.07) is 0.245. The molecule has 1 aliphatic carbocycles. The number of hydrogen-bond donors (Lipinski definition) is 1. The molecule has 1 heterocycles. The normalized spacial score (nSPS) is 26.6. The Hall–Kier alpha value is -0.880. The van der Waals surface area contributed by atoms with Crippen LogP contribution in [0.1, 0.15) is 39.2 Å². The number of carbonyl (C=O) groups excluding carboxylic acids is 1. The molecule has 2 rings (SSSR count). The third-order valence-electron chi connectivity index (χ3n) is 3.61. The molecule has 1 N–H and O–H groups in total. The second-order valence-corrected chi connectivity index (χ2v) is 5.78. The topological polar surface area (TPSA) is 56.1 Å². The van der Waals surface area contributed by atoms with Gasteiger partial charge in [-0.05, 0) is 48.7 Å². The highest BCUT2D eigenvalue weighted by Crippen LogP contribution is 2.38. The van der Waals surface area contributed by atoms with Crippen LogP contribution < -0.4 is 5.32 Å². The van der Waals surface area contributed by atoms with Crippen molar-refractivity contribution in [1.29, 1.82) is 0 Å². The van der Waals surface area contributed by atoms with Crippen molar-refractivity contribution in [3.8, 4) is 0 Å². The molecule has 1 aliphatic rings. The van der Waals surface area contributed by atoms with E-state index in [-0.39, 0.29) is 12.0 Å². The summed E-state index contributed by atoms with van der Waals surface area (Å²) in [5.74, 6) is -0.134. The highest BCUT2D eigenvalue weighted by molar-refractivity contribution is 9.10. The molecule has 0 aliphatic heterocycles. The minimum Gasteiger partial charge on any atom is -0.465 e. The molecule has 1 saturated carbocycles. The number of carbonyl (C=O) groups is 1. The van der Waals surface area contributed by atoms with E-state index in [1.807, 2.05) is 24.7 Å². The van der Waals surface area contributed by atoms with Crippen LogP contribution in [0.5, 0.6) is 0 Å². The third-order valence-corrected chi connectivity index (χ3v) is 4.02. The Morgan fingerprint density at radius 1 is 1.68 bits per heavy atom. The fourth-order valence-corrected chi connectivity index (χ4v) is 3.09. The fraction of sp³-hybridized carbons (Fsp3) is 0.692. The molecular formula is C13H20BrN3O2. The zero-order valence-corrected chi connectivity index (χ0v) is 12.9. The minimum atomic E-state index is -0.548. The molecule has 0 spiro atoms. The van der Waals surface area contributed by atoms with Crippen LogP contribution in [0.4, 0.5) is 0 Å². The van der Waals surface area contributed by atoms with Gasteiger partial charge in [0.25, 0.3) is 0 Å². The van der Waals surface area contributed by atoms with E-state index in [1.165, 1.54) is 0 Å². The maximum Gasteiger partial charge on any atom is 0.326 e. The first-order chi connectivity index (χ1) is 9.11. The lowest BCUT2D eigenvalue weighted by molar-refractivity contribution is -0.151. The van der Waals surface area contributed by atoms with Gasteiger partial charge in [0.05, 0.1) is 23.3 Å². The number of nitrogens with one attached hydrogen (secondary N) is 1. The number of hydrogen-bond acceptors (Lipinski definition) is 4. The van der Waals surface area contributed by atoms with Crippen LogP contribution in [0.3, 0.4) is 0 Å². The molecule has 0 aromatic carbocycles. The molecule has 1 aromatic rings. The third kappa shape index (κ3) is 3.00. The Morgan fingerprint density at radius 2 is 2.47 bits per heavy atom. The molecule has 1 fully saturated rings. The zero-order valence-electron chi connectivity index (χ0n) is 11.4. The predicted molar refractivity (Wildman–Crippen MR) is 75.9 cm³/mol. The Balaban J connectivity index is 2.13. The molecule has 2 atom stereocenters. The SMILES string of the molecule is CCNC1(C(=O)OCC)CCC(n2cc(Br)cn2)C1. The monoisotopic (exact) mass is 329 g/mol. The molecule has 2 unspecified atom stereocenters. The van der Waals surface area contributed by atoms with E-state index < -0.39 is 5.54 Å². The number of rotatable bonds is 5. The standard InChI is InChI=1S/C13H20BrN3O2/c1-3-15-13(12(18)19-4-2)6-5-11(7-13)17-9-10(14)8-16-17/h8-9,11,15H,3-7H2,1-2H3. The van der Waals surface area contributed by atoms with Gasteiger partial charge < -0.3 is 10.1 Å².